The molecule has 8 nitrogen and oxygen atoms in total. The molecule has 1 atom stereocenters. The third-order valence-electron chi connectivity index (χ3n) is 5.02. The van der Waals surface area contributed by atoms with E-state index in [1.807, 2.05) is 31.2 Å². The monoisotopic (exact) mass is 461 g/mol. The number of primary amides is 1. The predicted molar refractivity (Wildman–Crippen MR) is 124 cm³/mol. The molecule has 0 aromatic heterocycles. The maximum Gasteiger partial charge on any atom is 0.318 e. The van der Waals surface area contributed by atoms with Crippen LogP contribution in [0.25, 0.3) is 0 Å². The van der Waals surface area contributed by atoms with E-state index in [0.29, 0.717) is 6.42 Å². The van der Waals surface area contributed by atoms with Crippen LogP contribution in [-0.4, -0.2) is 39.9 Å². The van der Waals surface area contributed by atoms with Crippen molar-refractivity contribution in [2.75, 3.05) is 24.5 Å². The number of benzene rings is 2. The largest absolute Gasteiger partial charge is 0.426 e. The van der Waals surface area contributed by atoms with Crippen LogP contribution >= 0.6 is 0 Å². The molecule has 0 aliphatic rings. The lowest BCUT2D eigenvalue weighted by Crippen LogP contribution is -2.33. The highest BCUT2D eigenvalue weighted by Crippen LogP contribution is 2.26. The first-order valence-electron chi connectivity index (χ1n) is 10.7. The zero-order valence-electron chi connectivity index (χ0n) is 18.7. The van der Waals surface area contributed by atoms with Crippen LogP contribution in [0.3, 0.4) is 0 Å². The van der Waals surface area contributed by atoms with Crippen LogP contribution in [0.5, 0.6) is 5.75 Å². The number of hydrogen-bond donors (Lipinski definition) is 2. The van der Waals surface area contributed by atoms with Gasteiger partial charge in [0, 0.05) is 18.8 Å². The summed E-state index contributed by atoms with van der Waals surface area (Å²) in [6.07, 6.45) is 1.62. The average Bonchev–Trinajstić information content (AvgIpc) is 2.77. The van der Waals surface area contributed by atoms with Crippen molar-refractivity contribution in [3.05, 3.63) is 54.1 Å². The first-order valence-corrected chi connectivity index (χ1v) is 12.1. The minimum Gasteiger partial charge on any atom is -0.426 e. The fourth-order valence-electron chi connectivity index (χ4n) is 3.32. The van der Waals surface area contributed by atoms with Gasteiger partial charge >= 0.3 is 5.97 Å². The average molecular weight is 462 g/mol. The van der Waals surface area contributed by atoms with Gasteiger partial charge in [-0.15, -0.1) is 0 Å². The third-order valence-corrected chi connectivity index (χ3v) is 6.43. The summed E-state index contributed by atoms with van der Waals surface area (Å²) in [5.74, 6) is -1.40. The summed E-state index contributed by atoms with van der Waals surface area (Å²) in [4.78, 5) is 25.8. The SMILES string of the molecule is CCCN(CC)c1ccc(C(CC)C(=O)Oc2ccc(S(=O)(=O)NCC(N)=O)cc2)cc1. The summed E-state index contributed by atoms with van der Waals surface area (Å²) in [5.41, 5.74) is 6.94. The lowest BCUT2D eigenvalue weighted by atomic mass is 9.96. The van der Waals surface area contributed by atoms with Gasteiger partial charge in [0.05, 0.1) is 17.4 Å². The zero-order valence-corrected chi connectivity index (χ0v) is 19.5. The minimum absolute atomic E-state index is 0.0614. The van der Waals surface area contributed by atoms with E-state index < -0.39 is 34.4 Å². The molecule has 0 bridgehead atoms. The second kappa shape index (κ2) is 11.6. The van der Waals surface area contributed by atoms with Gasteiger partial charge in [0.15, 0.2) is 0 Å². The molecule has 174 valence electrons. The van der Waals surface area contributed by atoms with Gasteiger partial charge in [0.1, 0.15) is 5.75 Å². The number of amides is 1. The first kappa shape index (κ1) is 25.4. The molecule has 0 spiro atoms. The summed E-state index contributed by atoms with van der Waals surface area (Å²) in [7, 11) is -3.88. The number of nitrogens with one attached hydrogen (secondary N) is 1. The summed E-state index contributed by atoms with van der Waals surface area (Å²) >= 11 is 0. The summed E-state index contributed by atoms with van der Waals surface area (Å²) in [6.45, 7) is 7.55. The zero-order chi connectivity index (χ0) is 23.7. The van der Waals surface area contributed by atoms with Crippen molar-refractivity contribution in [3.8, 4) is 5.75 Å². The minimum atomic E-state index is -3.88. The number of nitrogens with zero attached hydrogens (tertiary/aromatic N) is 1. The topological polar surface area (TPSA) is 119 Å². The van der Waals surface area contributed by atoms with E-state index in [9.17, 15) is 18.0 Å². The van der Waals surface area contributed by atoms with Crippen molar-refractivity contribution in [1.29, 1.82) is 0 Å². The lowest BCUT2D eigenvalue weighted by Gasteiger charge is -2.23. The number of anilines is 1. The standard InChI is InChI=1S/C23H31N3O5S/c1-4-15-26(6-3)18-9-7-17(8-10-18)21(5-2)23(28)31-19-11-13-20(14-12-19)32(29,30)25-16-22(24)27/h7-14,21,25H,4-6,15-16H2,1-3H3,(H2,24,27). The van der Waals surface area contributed by atoms with Crippen molar-refractivity contribution < 1.29 is 22.7 Å². The third kappa shape index (κ3) is 6.80. The Kier molecular flexibility index (Phi) is 9.22. The number of carbonyl (C=O) groups excluding carboxylic acids is 2. The van der Waals surface area contributed by atoms with Crippen molar-refractivity contribution in [2.24, 2.45) is 5.73 Å². The molecule has 0 radical (unpaired) electrons. The number of carbonyl (C=O) groups is 2. The Balaban J connectivity index is 2.09. The smallest absolute Gasteiger partial charge is 0.318 e. The Morgan fingerprint density at radius 3 is 2.16 bits per heavy atom. The maximum atomic E-state index is 12.8. The van der Waals surface area contributed by atoms with Crippen LogP contribution in [-0.2, 0) is 19.6 Å². The molecule has 3 N–H and O–H groups in total. The number of ether oxygens (including phenoxy) is 1. The van der Waals surface area contributed by atoms with E-state index in [1.165, 1.54) is 24.3 Å². The van der Waals surface area contributed by atoms with E-state index >= 15 is 0 Å². The molecule has 0 aliphatic carbocycles. The van der Waals surface area contributed by atoms with Gasteiger partial charge in [0.2, 0.25) is 15.9 Å². The van der Waals surface area contributed by atoms with Crippen molar-refractivity contribution >= 4 is 27.6 Å². The Bertz CT molecular complexity index is 1000. The molecule has 0 saturated carbocycles. The quantitative estimate of drug-likeness (QED) is 0.371. The van der Waals surface area contributed by atoms with Crippen LogP contribution in [0.1, 0.15) is 45.1 Å². The van der Waals surface area contributed by atoms with E-state index in [0.717, 1.165) is 30.8 Å². The molecule has 0 fully saturated rings. The first-order chi connectivity index (χ1) is 15.2. The number of hydrogen-bond acceptors (Lipinski definition) is 6. The van der Waals surface area contributed by atoms with E-state index in [1.54, 1.807) is 0 Å². The van der Waals surface area contributed by atoms with Gasteiger partial charge in [-0.1, -0.05) is 26.0 Å². The molecule has 0 aliphatic heterocycles. The van der Waals surface area contributed by atoms with Crippen LogP contribution in [0.15, 0.2) is 53.4 Å². The van der Waals surface area contributed by atoms with Crippen LogP contribution in [0.4, 0.5) is 5.69 Å². The molecule has 9 heteroatoms. The highest BCUT2D eigenvalue weighted by molar-refractivity contribution is 7.89. The molecular weight excluding hydrogens is 430 g/mol. The molecule has 32 heavy (non-hydrogen) atoms. The summed E-state index contributed by atoms with van der Waals surface area (Å²) in [5, 5.41) is 0. The Morgan fingerprint density at radius 1 is 1.03 bits per heavy atom. The highest BCUT2D eigenvalue weighted by Gasteiger charge is 2.22. The highest BCUT2D eigenvalue weighted by atomic mass is 32.2. The van der Waals surface area contributed by atoms with Gasteiger partial charge in [-0.05, 0) is 61.7 Å². The fraction of sp³-hybridized carbons (Fsp3) is 0.391. The molecule has 2 aromatic rings. The number of sulfonamides is 1. The normalized spacial score (nSPS) is 12.2. The van der Waals surface area contributed by atoms with Gasteiger partial charge in [0.25, 0.3) is 0 Å². The number of esters is 1. The van der Waals surface area contributed by atoms with E-state index in [-0.39, 0.29) is 10.6 Å². The second-order valence-corrected chi connectivity index (χ2v) is 9.08. The van der Waals surface area contributed by atoms with Gasteiger partial charge in [-0.2, -0.15) is 0 Å². The lowest BCUT2D eigenvalue weighted by molar-refractivity contribution is -0.136. The number of nitrogens with two attached hydrogens (primary N) is 1. The summed E-state index contributed by atoms with van der Waals surface area (Å²) < 4.78 is 31.8. The van der Waals surface area contributed by atoms with Gasteiger partial charge in [-0.25, -0.2) is 13.1 Å². The van der Waals surface area contributed by atoms with Crippen LogP contribution < -0.4 is 20.1 Å². The van der Waals surface area contributed by atoms with Gasteiger partial charge in [-0.3, -0.25) is 9.59 Å². The molecule has 1 amide bonds. The van der Waals surface area contributed by atoms with E-state index in [4.69, 9.17) is 10.5 Å². The Hall–Kier alpha value is -2.91. The molecule has 1 unspecified atom stereocenters. The van der Waals surface area contributed by atoms with Crippen LogP contribution in [0, 0.1) is 0 Å². The molecular formula is C23H31N3O5S. The molecule has 0 heterocycles. The predicted octanol–water partition coefficient (Wildman–Crippen LogP) is 2.79. The van der Waals surface area contributed by atoms with E-state index in [2.05, 4.69) is 23.5 Å². The molecule has 2 rings (SSSR count). The second-order valence-electron chi connectivity index (χ2n) is 7.32. The van der Waals surface area contributed by atoms with Crippen molar-refractivity contribution in [3.63, 3.8) is 0 Å². The van der Waals surface area contributed by atoms with Crippen molar-refractivity contribution in [2.45, 2.75) is 44.4 Å². The van der Waals surface area contributed by atoms with Crippen LogP contribution in [0.2, 0.25) is 0 Å². The summed E-state index contributed by atoms with van der Waals surface area (Å²) in [6, 6.07) is 13.3. The van der Waals surface area contributed by atoms with Gasteiger partial charge < -0.3 is 15.4 Å². The molecule has 0 saturated heterocycles. The number of rotatable bonds is 12. The Labute approximate surface area is 189 Å². The van der Waals surface area contributed by atoms with Crippen molar-refractivity contribution in [1.82, 2.24) is 4.72 Å². The Morgan fingerprint density at radius 2 is 1.66 bits per heavy atom. The molecule has 2 aromatic carbocycles. The fourth-order valence-corrected chi connectivity index (χ4v) is 4.31. The maximum absolute atomic E-state index is 12.8.